The Morgan fingerprint density at radius 2 is 1.79 bits per heavy atom. The number of carbonyl (C=O) groups is 1. The first-order chi connectivity index (χ1) is 11.1. The van der Waals surface area contributed by atoms with Gasteiger partial charge < -0.3 is 4.74 Å². The van der Waals surface area contributed by atoms with E-state index in [9.17, 15) is 31.1 Å². The highest BCUT2D eigenvalue weighted by Gasteiger charge is 2.36. The van der Waals surface area contributed by atoms with Crippen LogP contribution in [0.3, 0.4) is 0 Å². The second kappa shape index (κ2) is 6.31. The molecule has 0 saturated heterocycles. The van der Waals surface area contributed by atoms with E-state index < -0.39 is 57.1 Å². The van der Waals surface area contributed by atoms with Crippen molar-refractivity contribution in [1.29, 1.82) is 0 Å². The van der Waals surface area contributed by atoms with Crippen LogP contribution in [0.2, 0.25) is 5.02 Å². The minimum atomic E-state index is -5.13. The molecule has 0 atom stereocenters. The van der Waals surface area contributed by atoms with Crippen molar-refractivity contribution >= 4 is 17.6 Å². The zero-order valence-electron chi connectivity index (χ0n) is 11.6. The summed E-state index contributed by atoms with van der Waals surface area (Å²) in [6.45, 7) is 0. The summed E-state index contributed by atoms with van der Waals surface area (Å²) in [4.78, 5) is 14.9. The summed E-state index contributed by atoms with van der Waals surface area (Å²) in [5.41, 5.74) is -4.24. The molecule has 24 heavy (non-hydrogen) atoms. The third kappa shape index (κ3) is 3.16. The molecule has 0 spiro atoms. The van der Waals surface area contributed by atoms with Gasteiger partial charge in [-0.25, -0.2) is 22.9 Å². The van der Waals surface area contributed by atoms with Gasteiger partial charge >= 0.3 is 12.1 Å². The number of alkyl halides is 3. The normalized spacial score (nSPS) is 11.5. The van der Waals surface area contributed by atoms with Crippen LogP contribution in [0.4, 0.5) is 26.3 Å². The van der Waals surface area contributed by atoms with Crippen LogP contribution in [0.25, 0.3) is 11.3 Å². The van der Waals surface area contributed by atoms with Crippen molar-refractivity contribution in [2.24, 2.45) is 0 Å². The van der Waals surface area contributed by atoms with Gasteiger partial charge in [0.15, 0.2) is 23.1 Å². The average molecular weight is 370 g/mol. The number of hydrogen-bond acceptors (Lipinski definition) is 3. The van der Waals surface area contributed by atoms with Crippen molar-refractivity contribution in [2.45, 2.75) is 6.18 Å². The predicted octanol–water partition coefficient (Wildman–Crippen LogP) is 4.62. The lowest BCUT2D eigenvalue weighted by Crippen LogP contribution is -2.11. The standard InChI is InChI=1S/C14H6ClF6NO2/c1-24-13(23)12-7(15)4-8(16)11(22-12)5-2-3-6(14(19,20)21)10(18)9(5)17/h2-4H,1H3. The third-order valence-corrected chi connectivity index (χ3v) is 3.24. The SMILES string of the molecule is COC(=O)c1nc(-c2ccc(C(F)(F)F)c(F)c2F)c(F)cc1Cl. The number of halogens is 7. The van der Waals surface area contributed by atoms with Crippen LogP contribution in [-0.4, -0.2) is 18.1 Å². The number of methoxy groups -OCH3 is 1. The quantitative estimate of drug-likeness (QED) is 0.572. The highest BCUT2D eigenvalue weighted by Crippen LogP contribution is 2.36. The van der Waals surface area contributed by atoms with Crippen molar-refractivity contribution < 1.29 is 35.9 Å². The fraction of sp³-hybridized carbons (Fsp3) is 0.143. The molecule has 1 aromatic heterocycles. The van der Waals surface area contributed by atoms with E-state index in [4.69, 9.17) is 11.6 Å². The van der Waals surface area contributed by atoms with E-state index in [1.807, 2.05) is 0 Å². The molecule has 1 heterocycles. The lowest BCUT2D eigenvalue weighted by molar-refractivity contribution is -0.140. The maximum atomic E-state index is 13.9. The number of carbonyl (C=O) groups excluding carboxylic acids is 1. The molecule has 0 aliphatic rings. The van der Waals surface area contributed by atoms with Crippen molar-refractivity contribution in [3.05, 3.63) is 51.9 Å². The van der Waals surface area contributed by atoms with Gasteiger partial charge in [0, 0.05) is 5.56 Å². The van der Waals surface area contributed by atoms with E-state index in [1.54, 1.807) is 0 Å². The van der Waals surface area contributed by atoms with E-state index in [1.165, 1.54) is 0 Å². The first kappa shape index (κ1) is 18.1. The first-order valence-electron chi connectivity index (χ1n) is 6.07. The van der Waals surface area contributed by atoms with Crippen LogP contribution in [0, 0.1) is 17.5 Å². The largest absolute Gasteiger partial charge is 0.464 e. The molecule has 0 unspecified atom stereocenters. The number of esters is 1. The highest BCUT2D eigenvalue weighted by molar-refractivity contribution is 6.33. The Bertz CT molecular complexity index is 822. The Labute approximate surface area is 135 Å². The van der Waals surface area contributed by atoms with Crippen molar-refractivity contribution in [1.82, 2.24) is 4.98 Å². The Hall–Kier alpha value is -2.29. The van der Waals surface area contributed by atoms with Gasteiger partial charge in [0.1, 0.15) is 5.69 Å². The molecule has 2 aromatic rings. The molecular weight excluding hydrogens is 364 g/mol. The molecule has 0 fully saturated rings. The van der Waals surface area contributed by atoms with Gasteiger partial charge in [-0.05, 0) is 18.2 Å². The lowest BCUT2D eigenvalue weighted by Gasteiger charge is -2.12. The molecule has 0 amide bonds. The average Bonchev–Trinajstić information content (AvgIpc) is 2.48. The molecule has 0 aliphatic heterocycles. The Kier molecular flexibility index (Phi) is 4.75. The molecule has 3 nitrogen and oxygen atoms in total. The van der Waals surface area contributed by atoms with E-state index in [0.29, 0.717) is 12.1 Å². The van der Waals surface area contributed by atoms with Crippen molar-refractivity contribution in [2.75, 3.05) is 7.11 Å². The monoisotopic (exact) mass is 369 g/mol. The fourth-order valence-electron chi connectivity index (χ4n) is 1.85. The highest BCUT2D eigenvalue weighted by atomic mass is 35.5. The Balaban J connectivity index is 2.69. The van der Waals surface area contributed by atoms with Gasteiger partial charge in [0.25, 0.3) is 0 Å². The summed E-state index contributed by atoms with van der Waals surface area (Å²) in [6.07, 6.45) is -5.13. The maximum Gasteiger partial charge on any atom is 0.419 e. The smallest absolute Gasteiger partial charge is 0.419 e. The zero-order chi connectivity index (χ0) is 18.2. The summed E-state index contributed by atoms with van der Waals surface area (Å²) >= 11 is 5.60. The topological polar surface area (TPSA) is 39.2 Å². The lowest BCUT2D eigenvalue weighted by atomic mass is 10.1. The Morgan fingerprint density at radius 1 is 1.17 bits per heavy atom. The van der Waals surface area contributed by atoms with Crippen LogP contribution in [-0.2, 0) is 10.9 Å². The van der Waals surface area contributed by atoms with Crippen molar-refractivity contribution in [3.63, 3.8) is 0 Å². The molecule has 2 rings (SSSR count). The molecule has 0 N–H and O–H groups in total. The van der Waals surface area contributed by atoms with Crippen LogP contribution >= 0.6 is 11.6 Å². The molecule has 128 valence electrons. The van der Waals surface area contributed by atoms with Crippen LogP contribution in [0.1, 0.15) is 16.1 Å². The summed E-state index contributed by atoms with van der Waals surface area (Å²) in [7, 11) is 0.974. The van der Waals surface area contributed by atoms with Crippen molar-refractivity contribution in [3.8, 4) is 11.3 Å². The number of rotatable bonds is 2. The number of hydrogen-bond donors (Lipinski definition) is 0. The number of aromatic nitrogens is 1. The first-order valence-corrected chi connectivity index (χ1v) is 6.45. The molecule has 1 aromatic carbocycles. The Morgan fingerprint density at radius 3 is 2.33 bits per heavy atom. The number of benzene rings is 1. The zero-order valence-corrected chi connectivity index (χ0v) is 12.4. The van der Waals surface area contributed by atoms with Gasteiger partial charge in [-0.2, -0.15) is 13.2 Å². The minimum Gasteiger partial charge on any atom is -0.464 e. The molecule has 0 bridgehead atoms. The molecule has 0 aliphatic carbocycles. The van der Waals surface area contributed by atoms with E-state index >= 15 is 0 Å². The summed E-state index contributed by atoms with van der Waals surface area (Å²) in [6, 6.07) is 1.33. The van der Waals surface area contributed by atoms with Gasteiger partial charge in [0.05, 0.1) is 17.7 Å². The molecule has 0 saturated carbocycles. The van der Waals surface area contributed by atoms with E-state index in [0.717, 1.165) is 7.11 Å². The number of nitrogens with zero attached hydrogens (tertiary/aromatic N) is 1. The molecule has 10 heteroatoms. The number of ether oxygens (including phenoxy) is 1. The van der Waals surface area contributed by atoms with Crippen LogP contribution in [0.5, 0.6) is 0 Å². The van der Waals surface area contributed by atoms with Gasteiger partial charge in [-0.3, -0.25) is 0 Å². The minimum absolute atomic E-state index is 0.237. The number of pyridine rings is 1. The summed E-state index contributed by atoms with van der Waals surface area (Å²) in [5, 5.41) is -0.462. The van der Waals surface area contributed by atoms with Gasteiger partial charge in [-0.15, -0.1) is 0 Å². The van der Waals surface area contributed by atoms with Crippen LogP contribution < -0.4 is 0 Å². The summed E-state index contributed by atoms with van der Waals surface area (Å²) in [5.74, 6) is -6.52. The maximum absolute atomic E-state index is 13.9. The molecule has 0 radical (unpaired) electrons. The van der Waals surface area contributed by atoms with Gasteiger partial charge in [-0.1, -0.05) is 11.6 Å². The predicted molar refractivity (Wildman–Crippen MR) is 70.9 cm³/mol. The second-order valence-electron chi connectivity index (χ2n) is 4.43. The molecular formula is C14H6ClF6NO2. The van der Waals surface area contributed by atoms with E-state index in [2.05, 4.69) is 9.72 Å². The second-order valence-corrected chi connectivity index (χ2v) is 4.83. The van der Waals surface area contributed by atoms with Gasteiger partial charge in [0.2, 0.25) is 0 Å². The third-order valence-electron chi connectivity index (χ3n) is 2.95. The summed E-state index contributed by atoms with van der Waals surface area (Å²) < 4.78 is 83.4. The van der Waals surface area contributed by atoms with Crippen LogP contribution in [0.15, 0.2) is 18.2 Å². The van der Waals surface area contributed by atoms with E-state index in [-0.39, 0.29) is 6.07 Å². The fourth-order valence-corrected chi connectivity index (χ4v) is 2.06.